The molecule has 6 heteroatoms. The fourth-order valence-corrected chi connectivity index (χ4v) is 3.57. The van der Waals surface area contributed by atoms with Crippen molar-refractivity contribution < 1.29 is 9.59 Å². The van der Waals surface area contributed by atoms with Gasteiger partial charge in [0.15, 0.2) is 5.13 Å². The Balaban J connectivity index is 1.80. The van der Waals surface area contributed by atoms with Gasteiger partial charge in [-0.25, -0.2) is 4.98 Å². The van der Waals surface area contributed by atoms with Gasteiger partial charge in [-0.2, -0.15) is 0 Å². The number of aryl methyl sites for hydroxylation is 1. The number of nitrogens with one attached hydrogen (secondary N) is 1. The average molecular weight is 382 g/mol. The van der Waals surface area contributed by atoms with E-state index in [4.69, 9.17) is 0 Å². The summed E-state index contributed by atoms with van der Waals surface area (Å²) in [6, 6.07) is 13.5. The van der Waals surface area contributed by atoms with E-state index >= 15 is 0 Å². The number of carbonyl (C=O) groups excluding carboxylic acids is 2. The van der Waals surface area contributed by atoms with E-state index in [1.807, 2.05) is 68.6 Å². The summed E-state index contributed by atoms with van der Waals surface area (Å²) in [5.41, 5.74) is 1.45. The molecule has 0 bridgehead atoms. The summed E-state index contributed by atoms with van der Waals surface area (Å²) in [4.78, 5) is 31.4. The minimum absolute atomic E-state index is 0.000700. The highest BCUT2D eigenvalue weighted by atomic mass is 32.1. The summed E-state index contributed by atoms with van der Waals surface area (Å²) in [6.07, 6.45) is 0.767. The Kier molecular flexibility index (Phi) is 5.86. The number of anilines is 1. The van der Waals surface area contributed by atoms with Crippen LogP contribution in [-0.4, -0.2) is 34.3 Å². The van der Waals surface area contributed by atoms with Crippen LogP contribution in [0.15, 0.2) is 47.8 Å². The van der Waals surface area contributed by atoms with Crippen molar-refractivity contribution in [1.29, 1.82) is 0 Å². The van der Waals surface area contributed by atoms with E-state index in [1.165, 1.54) is 11.3 Å². The molecule has 2 amide bonds. The fraction of sp³-hybridized carbons (Fsp3) is 0.286. The van der Waals surface area contributed by atoms with E-state index in [0.29, 0.717) is 10.7 Å². The third-order valence-corrected chi connectivity index (χ3v) is 5.44. The maximum atomic E-state index is 13.1. The first-order valence-electron chi connectivity index (χ1n) is 8.99. The fourth-order valence-electron chi connectivity index (χ4n) is 2.86. The summed E-state index contributed by atoms with van der Waals surface area (Å²) in [5, 5.41) is 7.31. The van der Waals surface area contributed by atoms with Gasteiger partial charge in [0, 0.05) is 17.0 Å². The molecule has 0 aliphatic heterocycles. The third-order valence-electron chi connectivity index (χ3n) is 4.56. The number of nitrogens with zero attached hydrogens (tertiary/aromatic N) is 2. The minimum atomic E-state index is -0.237. The van der Waals surface area contributed by atoms with Crippen molar-refractivity contribution in [3.05, 3.63) is 59.1 Å². The van der Waals surface area contributed by atoms with Gasteiger partial charge < -0.3 is 10.2 Å². The summed E-state index contributed by atoms with van der Waals surface area (Å²) in [6.45, 7) is 5.84. The molecule has 1 aromatic heterocycles. The molecule has 0 aliphatic carbocycles. The van der Waals surface area contributed by atoms with Crippen LogP contribution < -0.4 is 5.32 Å². The summed E-state index contributed by atoms with van der Waals surface area (Å²) in [7, 11) is 0. The van der Waals surface area contributed by atoms with Gasteiger partial charge in [-0.15, -0.1) is 11.3 Å². The van der Waals surface area contributed by atoms with Crippen molar-refractivity contribution in [2.24, 2.45) is 0 Å². The van der Waals surface area contributed by atoms with Gasteiger partial charge in [0.05, 0.1) is 5.69 Å². The Hall–Kier alpha value is -2.73. The SMILES string of the molecule is CCC(C)N(CC(=O)Nc1nc(C)cs1)C(=O)c1ccc2ccccc2c1. The summed E-state index contributed by atoms with van der Waals surface area (Å²) < 4.78 is 0. The van der Waals surface area contributed by atoms with Gasteiger partial charge in [-0.05, 0) is 43.2 Å². The Bertz CT molecular complexity index is 967. The second-order valence-corrected chi connectivity index (χ2v) is 7.45. The lowest BCUT2D eigenvalue weighted by atomic mass is 10.1. The first kappa shape index (κ1) is 19.0. The van der Waals surface area contributed by atoms with Gasteiger partial charge in [0.2, 0.25) is 5.91 Å². The maximum absolute atomic E-state index is 13.1. The Labute approximate surface area is 163 Å². The van der Waals surface area contributed by atoms with Crippen molar-refractivity contribution in [2.75, 3.05) is 11.9 Å². The zero-order chi connectivity index (χ0) is 19.4. The molecule has 1 unspecified atom stereocenters. The molecule has 5 nitrogen and oxygen atoms in total. The number of rotatable bonds is 6. The van der Waals surface area contributed by atoms with Crippen LogP contribution in [-0.2, 0) is 4.79 Å². The van der Waals surface area contributed by atoms with Crippen LogP contribution in [0, 0.1) is 6.92 Å². The van der Waals surface area contributed by atoms with Gasteiger partial charge in [0.25, 0.3) is 5.91 Å². The van der Waals surface area contributed by atoms with Crippen molar-refractivity contribution >= 4 is 39.1 Å². The lowest BCUT2D eigenvalue weighted by molar-refractivity contribution is -0.117. The zero-order valence-electron chi connectivity index (χ0n) is 15.7. The summed E-state index contributed by atoms with van der Waals surface area (Å²) >= 11 is 1.38. The van der Waals surface area contributed by atoms with Crippen LogP contribution in [0.3, 0.4) is 0 Å². The average Bonchev–Trinajstić information content (AvgIpc) is 3.09. The Morgan fingerprint density at radius 1 is 1.19 bits per heavy atom. The van der Waals surface area contributed by atoms with Crippen LogP contribution in [0.25, 0.3) is 10.8 Å². The molecule has 1 atom stereocenters. The first-order valence-corrected chi connectivity index (χ1v) is 9.87. The van der Waals surface area contributed by atoms with Crippen molar-refractivity contribution in [3.63, 3.8) is 0 Å². The molecular weight excluding hydrogens is 358 g/mol. The number of aromatic nitrogens is 1. The molecule has 1 heterocycles. The lowest BCUT2D eigenvalue weighted by Gasteiger charge is -2.28. The van der Waals surface area contributed by atoms with Crippen LogP contribution >= 0.6 is 11.3 Å². The molecular formula is C21H23N3O2S. The Morgan fingerprint density at radius 2 is 1.93 bits per heavy atom. The lowest BCUT2D eigenvalue weighted by Crippen LogP contribution is -2.43. The number of hydrogen-bond donors (Lipinski definition) is 1. The largest absolute Gasteiger partial charge is 0.327 e. The number of amides is 2. The van der Waals surface area contributed by atoms with Gasteiger partial charge >= 0.3 is 0 Å². The predicted octanol–water partition coefficient (Wildman–Crippen LogP) is 4.48. The number of fused-ring (bicyclic) bond motifs is 1. The zero-order valence-corrected chi connectivity index (χ0v) is 16.5. The maximum Gasteiger partial charge on any atom is 0.254 e. The standard InChI is InChI=1S/C21H23N3O2S/c1-4-15(3)24(12-19(25)23-21-22-14(2)13-27-21)20(26)18-10-9-16-7-5-6-8-17(16)11-18/h5-11,13,15H,4,12H2,1-3H3,(H,22,23,25). The molecule has 140 valence electrons. The van der Waals surface area contributed by atoms with Gasteiger partial charge in [-0.1, -0.05) is 37.3 Å². The number of carbonyl (C=O) groups is 2. The first-order chi connectivity index (χ1) is 13.0. The van der Waals surface area contributed by atoms with Crippen molar-refractivity contribution in [3.8, 4) is 0 Å². The van der Waals surface area contributed by atoms with Gasteiger partial charge in [-0.3, -0.25) is 9.59 Å². The van der Waals surface area contributed by atoms with E-state index in [2.05, 4.69) is 10.3 Å². The molecule has 0 fully saturated rings. The molecule has 0 radical (unpaired) electrons. The molecule has 0 saturated carbocycles. The van der Waals surface area contributed by atoms with E-state index < -0.39 is 0 Å². The quantitative estimate of drug-likeness (QED) is 0.684. The summed E-state index contributed by atoms with van der Waals surface area (Å²) in [5.74, 6) is -0.376. The molecule has 0 aliphatic rings. The minimum Gasteiger partial charge on any atom is -0.327 e. The highest BCUT2D eigenvalue weighted by Gasteiger charge is 2.23. The smallest absolute Gasteiger partial charge is 0.254 e. The Morgan fingerprint density at radius 3 is 2.59 bits per heavy atom. The van der Waals surface area contributed by atoms with Gasteiger partial charge in [0.1, 0.15) is 6.54 Å². The third kappa shape index (κ3) is 4.52. The second kappa shape index (κ2) is 8.31. The highest BCUT2D eigenvalue weighted by Crippen LogP contribution is 2.19. The number of hydrogen-bond acceptors (Lipinski definition) is 4. The van der Waals surface area contributed by atoms with E-state index in [-0.39, 0.29) is 24.4 Å². The number of thiazole rings is 1. The molecule has 2 aromatic carbocycles. The van der Waals surface area contributed by atoms with Crippen LogP contribution in [0.5, 0.6) is 0 Å². The van der Waals surface area contributed by atoms with Crippen LogP contribution in [0.2, 0.25) is 0 Å². The molecule has 1 N–H and O–H groups in total. The van der Waals surface area contributed by atoms with Crippen molar-refractivity contribution in [2.45, 2.75) is 33.2 Å². The molecule has 3 rings (SSSR count). The molecule has 3 aromatic rings. The highest BCUT2D eigenvalue weighted by molar-refractivity contribution is 7.13. The second-order valence-electron chi connectivity index (χ2n) is 6.59. The van der Waals surface area contributed by atoms with E-state index in [0.717, 1.165) is 22.9 Å². The van der Waals surface area contributed by atoms with Crippen molar-refractivity contribution in [1.82, 2.24) is 9.88 Å². The topological polar surface area (TPSA) is 62.3 Å². The molecule has 0 spiro atoms. The predicted molar refractivity (Wildman–Crippen MR) is 110 cm³/mol. The van der Waals surface area contributed by atoms with Crippen LogP contribution in [0.4, 0.5) is 5.13 Å². The van der Waals surface area contributed by atoms with E-state index in [9.17, 15) is 9.59 Å². The monoisotopic (exact) mass is 381 g/mol. The normalized spacial score (nSPS) is 12.0. The van der Waals surface area contributed by atoms with Crippen LogP contribution in [0.1, 0.15) is 36.3 Å². The molecule has 27 heavy (non-hydrogen) atoms. The molecule has 0 saturated heterocycles. The van der Waals surface area contributed by atoms with E-state index in [1.54, 1.807) is 4.90 Å². The number of benzene rings is 2.